The Kier molecular flexibility index (Phi) is 2.77. The predicted molar refractivity (Wildman–Crippen MR) is 70.0 cm³/mol. The molecule has 2 aromatic rings. The molecule has 1 aliphatic heterocycles. The van der Waals surface area contributed by atoms with Crippen molar-refractivity contribution in [2.45, 2.75) is 12.5 Å². The number of nitrogens with one attached hydrogen (secondary N) is 1. The van der Waals surface area contributed by atoms with E-state index < -0.39 is 0 Å². The second-order valence-corrected chi connectivity index (χ2v) is 5.86. The van der Waals surface area contributed by atoms with Crippen LogP contribution < -0.4 is 5.32 Å². The highest BCUT2D eigenvalue weighted by Gasteiger charge is 2.16. The number of hydrogen-bond donors (Lipinski definition) is 1. The normalized spacial score (nSPS) is 20.4. The minimum atomic E-state index is 0.519. The largest absolute Gasteiger partial charge is 0.349 e. The van der Waals surface area contributed by atoms with Crippen LogP contribution in [0.4, 0.5) is 5.95 Å². The summed E-state index contributed by atoms with van der Waals surface area (Å²) in [6, 6.07) is 4.44. The molecule has 1 N–H and O–H groups in total. The fourth-order valence-corrected chi connectivity index (χ4v) is 3.23. The van der Waals surface area contributed by atoms with Crippen LogP contribution in [0.25, 0.3) is 5.65 Å². The van der Waals surface area contributed by atoms with Crippen LogP contribution in [0.3, 0.4) is 0 Å². The van der Waals surface area contributed by atoms with Crippen LogP contribution in [0.5, 0.6) is 0 Å². The van der Waals surface area contributed by atoms with Gasteiger partial charge >= 0.3 is 0 Å². The first kappa shape index (κ1) is 10.4. The minimum Gasteiger partial charge on any atom is -0.349 e. The highest BCUT2D eigenvalue weighted by atomic mass is 79.9. The van der Waals surface area contributed by atoms with Gasteiger partial charge in [-0.15, -0.1) is 5.10 Å². The zero-order chi connectivity index (χ0) is 11.0. The number of hydrogen-bond acceptors (Lipinski definition) is 4. The number of nitrogens with zero attached hydrogens (tertiary/aromatic N) is 3. The predicted octanol–water partition coefficient (Wildman–Crippen LogP) is 2.41. The monoisotopic (exact) mass is 298 g/mol. The molecule has 0 bridgehead atoms. The molecule has 1 unspecified atom stereocenters. The molecule has 0 aromatic carbocycles. The van der Waals surface area contributed by atoms with Gasteiger partial charge in [-0.2, -0.15) is 16.7 Å². The molecule has 3 rings (SSSR count). The molecule has 0 spiro atoms. The van der Waals surface area contributed by atoms with Crippen molar-refractivity contribution in [3.05, 3.63) is 22.8 Å². The van der Waals surface area contributed by atoms with Crippen molar-refractivity contribution < 1.29 is 0 Å². The molecule has 0 amide bonds. The van der Waals surface area contributed by atoms with Crippen LogP contribution >= 0.6 is 27.7 Å². The van der Waals surface area contributed by atoms with E-state index in [0.717, 1.165) is 21.8 Å². The summed E-state index contributed by atoms with van der Waals surface area (Å²) >= 11 is 5.40. The van der Waals surface area contributed by atoms with E-state index in [1.165, 1.54) is 12.2 Å². The van der Waals surface area contributed by atoms with Crippen molar-refractivity contribution in [1.82, 2.24) is 14.6 Å². The number of thioether (sulfide) groups is 1. The Labute approximate surface area is 106 Å². The van der Waals surface area contributed by atoms with E-state index in [1.807, 2.05) is 30.1 Å². The van der Waals surface area contributed by atoms with Gasteiger partial charge in [-0.25, -0.2) is 4.52 Å². The van der Waals surface area contributed by atoms with Crippen LogP contribution in [-0.4, -0.2) is 32.1 Å². The minimum absolute atomic E-state index is 0.519. The average molecular weight is 299 g/mol. The van der Waals surface area contributed by atoms with E-state index in [-0.39, 0.29) is 0 Å². The quantitative estimate of drug-likeness (QED) is 0.924. The van der Waals surface area contributed by atoms with Crippen molar-refractivity contribution >= 4 is 39.3 Å². The Morgan fingerprint density at radius 2 is 2.44 bits per heavy atom. The second-order valence-electron chi connectivity index (χ2n) is 3.79. The van der Waals surface area contributed by atoms with Gasteiger partial charge in [0, 0.05) is 22.5 Å². The summed E-state index contributed by atoms with van der Waals surface area (Å²) in [5, 5.41) is 7.76. The van der Waals surface area contributed by atoms with Crippen LogP contribution in [0.15, 0.2) is 22.8 Å². The van der Waals surface area contributed by atoms with Crippen molar-refractivity contribution in [3.8, 4) is 0 Å². The van der Waals surface area contributed by atoms with Gasteiger partial charge < -0.3 is 5.32 Å². The number of pyridine rings is 1. The Bertz CT molecular complexity index is 506. The van der Waals surface area contributed by atoms with Crippen LogP contribution in [0, 0.1) is 0 Å². The SMILES string of the molecule is Brc1ccc2nc(NC3CCSC3)nn2c1. The first-order valence-electron chi connectivity index (χ1n) is 5.17. The van der Waals surface area contributed by atoms with Gasteiger partial charge in [-0.1, -0.05) is 0 Å². The van der Waals surface area contributed by atoms with E-state index in [2.05, 4.69) is 31.3 Å². The van der Waals surface area contributed by atoms with E-state index >= 15 is 0 Å². The van der Waals surface area contributed by atoms with Crippen molar-refractivity contribution in [2.24, 2.45) is 0 Å². The van der Waals surface area contributed by atoms with E-state index in [9.17, 15) is 0 Å². The molecule has 1 aliphatic rings. The lowest BCUT2D eigenvalue weighted by Crippen LogP contribution is -2.18. The zero-order valence-electron chi connectivity index (χ0n) is 8.56. The molecule has 0 radical (unpaired) electrons. The van der Waals surface area contributed by atoms with Crippen molar-refractivity contribution in [1.29, 1.82) is 0 Å². The summed E-state index contributed by atoms with van der Waals surface area (Å²) in [6.07, 6.45) is 3.11. The lowest BCUT2D eigenvalue weighted by Gasteiger charge is -2.07. The summed E-state index contributed by atoms with van der Waals surface area (Å²) in [7, 11) is 0. The fourth-order valence-electron chi connectivity index (χ4n) is 1.75. The lowest BCUT2D eigenvalue weighted by molar-refractivity contribution is 0.795. The molecule has 0 saturated carbocycles. The van der Waals surface area contributed by atoms with Gasteiger partial charge in [0.25, 0.3) is 0 Å². The zero-order valence-corrected chi connectivity index (χ0v) is 11.0. The topological polar surface area (TPSA) is 42.2 Å². The molecule has 1 fully saturated rings. The van der Waals surface area contributed by atoms with Crippen molar-refractivity contribution in [3.63, 3.8) is 0 Å². The number of aromatic nitrogens is 3. The van der Waals surface area contributed by atoms with E-state index in [4.69, 9.17) is 0 Å². The summed E-state index contributed by atoms with van der Waals surface area (Å²) < 4.78 is 2.79. The molecular formula is C10H11BrN4S. The number of fused-ring (bicyclic) bond motifs is 1. The van der Waals surface area contributed by atoms with Gasteiger partial charge in [0.15, 0.2) is 5.65 Å². The maximum Gasteiger partial charge on any atom is 0.243 e. The summed E-state index contributed by atoms with van der Waals surface area (Å²) in [6.45, 7) is 0. The molecule has 3 heterocycles. The first-order chi connectivity index (χ1) is 7.81. The second kappa shape index (κ2) is 4.25. The van der Waals surface area contributed by atoms with Crippen LogP contribution in [-0.2, 0) is 0 Å². The summed E-state index contributed by atoms with van der Waals surface area (Å²) in [5.74, 6) is 3.11. The standard InChI is InChI=1S/C10H11BrN4S/c11-7-1-2-9-13-10(14-15(9)5-7)12-8-3-4-16-6-8/h1-2,5,8H,3-4,6H2,(H,12,14). The third-order valence-corrected chi connectivity index (χ3v) is 4.19. The maximum atomic E-state index is 4.43. The molecule has 1 saturated heterocycles. The van der Waals surface area contributed by atoms with Crippen LogP contribution in [0.1, 0.15) is 6.42 Å². The molecule has 0 aliphatic carbocycles. The maximum absolute atomic E-state index is 4.43. The summed E-state index contributed by atoms with van der Waals surface area (Å²) in [5.41, 5.74) is 0.872. The van der Waals surface area contributed by atoms with Gasteiger partial charge in [-0.05, 0) is 40.2 Å². The molecule has 16 heavy (non-hydrogen) atoms. The molecule has 4 nitrogen and oxygen atoms in total. The first-order valence-corrected chi connectivity index (χ1v) is 7.12. The fraction of sp³-hybridized carbons (Fsp3) is 0.400. The molecule has 6 heteroatoms. The smallest absolute Gasteiger partial charge is 0.243 e. The Balaban J connectivity index is 1.86. The highest BCUT2D eigenvalue weighted by Crippen LogP contribution is 2.20. The number of anilines is 1. The highest BCUT2D eigenvalue weighted by molar-refractivity contribution is 9.10. The Hall–Kier alpha value is -0.750. The van der Waals surface area contributed by atoms with Gasteiger partial charge in [0.2, 0.25) is 5.95 Å². The van der Waals surface area contributed by atoms with E-state index in [0.29, 0.717) is 6.04 Å². The van der Waals surface area contributed by atoms with Crippen LogP contribution in [0.2, 0.25) is 0 Å². The average Bonchev–Trinajstić information content (AvgIpc) is 2.86. The third kappa shape index (κ3) is 2.04. The Morgan fingerprint density at radius 3 is 3.25 bits per heavy atom. The van der Waals surface area contributed by atoms with E-state index in [1.54, 1.807) is 4.52 Å². The third-order valence-electron chi connectivity index (χ3n) is 2.56. The lowest BCUT2D eigenvalue weighted by atomic mass is 10.3. The number of halogens is 1. The molecular weight excluding hydrogens is 288 g/mol. The van der Waals surface area contributed by atoms with Gasteiger partial charge in [0.05, 0.1) is 0 Å². The number of rotatable bonds is 2. The van der Waals surface area contributed by atoms with Crippen molar-refractivity contribution in [2.75, 3.05) is 16.8 Å². The Morgan fingerprint density at radius 1 is 1.50 bits per heavy atom. The van der Waals surface area contributed by atoms with Gasteiger partial charge in [0.1, 0.15) is 0 Å². The molecule has 1 atom stereocenters. The molecule has 84 valence electrons. The summed E-state index contributed by atoms with van der Waals surface area (Å²) in [4.78, 5) is 4.43. The molecule has 2 aromatic heterocycles. The van der Waals surface area contributed by atoms with Gasteiger partial charge in [-0.3, -0.25) is 0 Å².